The van der Waals surface area contributed by atoms with Crippen LogP contribution < -0.4 is 10.1 Å². The number of halogens is 1. The van der Waals surface area contributed by atoms with Crippen molar-refractivity contribution in [3.05, 3.63) is 29.8 Å². The molecule has 16 heavy (non-hydrogen) atoms. The van der Waals surface area contributed by atoms with Crippen LogP contribution in [0.2, 0.25) is 0 Å². The lowest BCUT2D eigenvalue weighted by molar-refractivity contribution is 0.0950. The average Bonchev–Trinajstić information content (AvgIpc) is 2.27. The Bertz CT molecular complexity index is 353. The van der Waals surface area contributed by atoms with Crippen molar-refractivity contribution in [2.75, 3.05) is 13.2 Å². The lowest BCUT2D eigenvalue weighted by atomic mass is 10.2. The Morgan fingerprint density at radius 2 is 2.19 bits per heavy atom. The molecular weight excluding hydrogens is 270 g/mol. The zero-order chi connectivity index (χ0) is 12.0. The van der Waals surface area contributed by atoms with Gasteiger partial charge >= 0.3 is 0 Å². The van der Waals surface area contributed by atoms with Crippen LogP contribution in [0.1, 0.15) is 24.2 Å². The Hall–Kier alpha value is -1.03. The lowest BCUT2D eigenvalue weighted by Gasteiger charge is -2.10. The van der Waals surface area contributed by atoms with Crippen LogP contribution >= 0.6 is 15.9 Å². The molecule has 0 spiro atoms. The van der Waals surface area contributed by atoms with Gasteiger partial charge in [0.2, 0.25) is 0 Å². The first-order valence-electron chi connectivity index (χ1n) is 5.29. The molecule has 1 unspecified atom stereocenters. The molecule has 1 rings (SSSR count). The van der Waals surface area contributed by atoms with Crippen molar-refractivity contribution in [1.29, 1.82) is 0 Å². The van der Waals surface area contributed by atoms with Crippen LogP contribution in [0, 0.1) is 0 Å². The third kappa shape index (κ3) is 3.85. The van der Waals surface area contributed by atoms with Crippen molar-refractivity contribution in [2.45, 2.75) is 18.7 Å². The van der Waals surface area contributed by atoms with E-state index >= 15 is 0 Å². The number of alkyl halides is 1. The molecule has 1 amide bonds. The first-order valence-corrected chi connectivity index (χ1v) is 6.20. The SMILES string of the molecule is CCOc1ccccc1C(=O)NCC(C)Br. The molecule has 0 aromatic heterocycles. The highest BCUT2D eigenvalue weighted by atomic mass is 79.9. The molecule has 1 aromatic carbocycles. The average molecular weight is 286 g/mol. The summed E-state index contributed by atoms with van der Waals surface area (Å²) in [4.78, 5) is 12.1. The van der Waals surface area contributed by atoms with E-state index in [0.717, 1.165) is 0 Å². The Kier molecular flexibility index (Phi) is 5.32. The minimum absolute atomic E-state index is 0.102. The van der Waals surface area contributed by atoms with Crippen LogP contribution in [0.4, 0.5) is 0 Å². The van der Waals surface area contributed by atoms with Gasteiger partial charge in [0.1, 0.15) is 5.75 Å². The second kappa shape index (κ2) is 6.53. The summed E-state index contributed by atoms with van der Waals surface area (Å²) in [5, 5.41) is 2.83. The molecule has 88 valence electrons. The minimum atomic E-state index is -0.102. The maximum atomic E-state index is 11.8. The van der Waals surface area contributed by atoms with Crippen LogP contribution in [0.5, 0.6) is 5.75 Å². The molecule has 1 atom stereocenters. The minimum Gasteiger partial charge on any atom is -0.493 e. The third-order valence-corrected chi connectivity index (χ3v) is 2.30. The maximum absolute atomic E-state index is 11.8. The fourth-order valence-electron chi connectivity index (χ4n) is 1.26. The van der Waals surface area contributed by atoms with E-state index in [1.54, 1.807) is 12.1 Å². The molecule has 0 fully saturated rings. The zero-order valence-corrected chi connectivity index (χ0v) is 11.1. The molecule has 0 radical (unpaired) electrons. The highest BCUT2D eigenvalue weighted by Gasteiger charge is 2.11. The molecule has 1 N–H and O–H groups in total. The van der Waals surface area contributed by atoms with Crippen molar-refractivity contribution in [1.82, 2.24) is 5.32 Å². The van der Waals surface area contributed by atoms with Gasteiger partial charge in [-0.3, -0.25) is 4.79 Å². The van der Waals surface area contributed by atoms with E-state index in [1.807, 2.05) is 26.0 Å². The smallest absolute Gasteiger partial charge is 0.255 e. The fourth-order valence-corrected chi connectivity index (χ4v) is 1.43. The van der Waals surface area contributed by atoms with E-state index in [0.29, 0.717) is 24.5 Å². The largest absolute Gasteiger partial charge is 0.493 e. The number of hydrogen-bond acceptors (Lipinski definition) is 2. The summed E-state index contributed by atoms with van der Waals surface area (Å²) in [5.74, 6) is 0.528. The van der Waals surface area contributed by atoms with Gasteiger partial charge in [0, 0.05) is 11.4 Å². The summed E-state index contributed by atoms with van der Waals surface area (Å²) < 4.78 is 5.39. The van der Waals surface area contributed by atoms with E-state index in [-0.39, 0.29) is 10.7 Å². The summed E-state index contributed by atoms with van der Waals surface area (Å²) in [6.45, 7) is 5.03. The van der Waals surface area contributed by atoms with E-state index in [1.165, 1.54) is 0 Å². The molecule has 4 heteroatoms. The van der Waals surface area contributed by atoms with E-state index in [4.69, 9.17) is 4.74 Å². The summed E-state index contributed by atoms with van der Waals surface area (Å²) in [7, 11) is 0. The number of nitrogens with one attached hydrogen (secondary N) is 1. The first-order chi connectivity index (χ1) is 7.65. The monoisotopic (exact) mass is 285 g/mol. The number of para-hydroxylation sites is 1. The number of carbonyl (C=O) groups is 1. The van der Waals surface area contributed by atoms with Crippen LogP contribution in [-0.2, 0) is 0 Å². The number of hydrogen-bond donors (Lipinski definition) is 1. The number of rotatable bonds is 5. The van der Waals surface area contributed by atoms with Crippen LogP contribution in [-0.4, -0.2) is 23.9 Å². The summed E-state index contributed by atoms with van der Waals surface area (Å²) in [6, 6.07) is 7.25. The molecule has 0 aliphatic heterocycles. The molecule has 0 saturated carbocycles. The zero-order valence-electron chi connectivity index (χ0n) is 9.50. The molecule has 0 bridgehead atoms. The molecule has 3 nitrogen and oxygen atoms in total. The topological polar surface area (TPSA) is 38.3 Å². The Labute approximate surface area is 104 Å². The van der Waals surface area contributed by atoms with Gasteiger partial charge in [-0.25, -0.2) is 0 Å². The van der Waals surface area contributed by atoms with Crippen LogP contribution in [0.3, 0.4) is 0 Å². The summed E-state index contributed by atoms with van der Waals surface area (Å²) in [6.07, 6.45) is 0. The summed E-state index contributed by atoms with van der Waals surface area (Å²) >= 11 is 3.38. The van der Waals surface area contributed by atoms with Gasteiger partial charge in [-0.05, 0) is 19.1 Å². The van der Waals surface area contributed by atoms with Gasteiger partial charge in [0.05, 0.1) is 12.2 Å². The van der Waals surface area contributed by atoms with E-state index in [9.17, 15) is 4.79 Å². The lowest BCUT2D eigenvalue weighted by Crippen LogP contribution is -2.28. The Morgan fingerprint density at radius 1 is 1.50 bits per heavy atom. The number of benzene rings is 1. The fraction of sp³-hybridized carbons (Fsp3) is 0.417. The van der Waals surface area contributed by atoms with Gasteiger partial charge < -0.3 is 10.1 Å². The second-order valence-electron chi connectivity index (χ2n) is 3.42. The van der Waals surface area contributed by atoms with Crippen molar-refractivity contribution in [3.63, 3.8) is 0 Å². The number of amides is 1. The maximum Gasteiger partial charge on any atom is 0.255 e. The highest BCUT2D eigenvalue weighted by Crippen LogP contribution is 2.17. The Balaban J connectivity index is 2.73. The number of carbonyl (C=O) groups excluding carboxylic acids is 1. The predicted molar refractivity (Wildman–Crippen MR) is 68.3 cm³/mol. The van der Waals surface area contributed by atoms with Gasteiger partial charge in [-0.15, -0.1) is 0 Å². The van der Waals surface area contributed by atoms with Crippen LogP contribution in [0.25, 0.3) is 0 Å². The third-order valence-electron chi connectivity index (χ3n) is 1.98. The Morgan fingerprint density at radius 3 is 2.81 bits per heavy atom. The van der Waals surface area contributed by atoms with E-state index in [2.05, 4.69) is 21.2 Å². The van der Waals surface area contributed by atoms with Crippen molar-refractivity contribution in [2.24, 2.45) is 0 Å². The van der Waals surface area contributed by atoms with Crippen molar-refractivity contribution >= 4 is 21.8 Å². The van der Waals surface area contributed by atoms with E-state index < -0.39 is 0 Å². The standard InChI is InChI=1S/C12H16BrNO2/c1-3-16-11-7-5-4-6-10(11)12(15)14-8-9(2)13/h4-7,9H,3,8H2,1-2H3,(H,14,15). The normalized spacial score (nSPS) is 11.9. The molecule has 0 aliphatic carbocycles. The molecule has 0 saturated heterocycles. The molecule has 0 aliphatic rings. The summed E-state index contributed by atoms with van der Waals surface area (Å²) in [5.41, 5.74) is 0.581. The van der Waals surface area contributed by atoms with Crippen molar-refractivity contribution < 1.29 is 9.53 Å². The van der Waals surface area contributed by atoms with Gasteiger partial charge in [0.15, 0.2) is 0 Å². The van der Waals surface area contributed by atoms with Crippen molar-refractivity contribution in [3.8, 4) is 5.75 Å². The number of ether oxygens (including phenoxy) is 1. The van der Waals surface area contributed by atoms with Crippen LogP contribution in [0.15, 0.2) is 24.3 Å². The first kappa shape index (κ1) is 13.0. The second-order valence-corrected chi connectivity index (χ2v) is 4.98. The predicted octanol–water partition coefficient (Wildman–Crippen LogP) is 2.60. The molecule has 1 aromatic rings. The molecular formula is C12H16BrNO2. The van der Waals surface area contributed by atoms with Gasteiger partial charge in [0.25, 0.3) is 5.91 Å². The van der Waals surface area contributed by atoms with Gasteiger partial charge in [-0.2, -0.15) is 0 Å². The van der Waals surface area contributed by atoms with Gasteiger partial charge in [-0.1, -0.05) is 35.0 Å². The molecule has 0 heterocycles. The highest BCUT2D eigenvalue weighted by molar-refractivity contribution is 9.09. The quantitative estimate of drug-likeness (QED) is 0.845.